The number of halogens is 2. The van der Waals surface area contributed by atoms with Crippen LogP contribution in [0.3, 0.4) is 0 Å². The van der Waals surface area contributed by atoms with Crippen molar-refractivity contribution in [2.75, 3.05) is 6.61 Å². The summed E-state index contributed by atoms with van der Waals surface area (Å²) in [6.07, 6.45) is 5.65. The average molecular weight is 365 g/mol. The number of hydrogen-bond acceptors (Lipinski definition) is 1. The average Bonchev–Trinajstić information content (AvgIpc) is 3.03. The molecule has 0 radical (unpaired) electrons. The van der Waals surface area contributed by atoms with Crippen LogP contribution < -0.4 is 4.74 Å². The molecule has 1 heterocycles. The Hall–Kier alpha value is -3.06. The number of unbranched alkanes of at least 4 members (excludes halogenated alkanes) is 2. The van der Waals surface area contributed by atoms with Crippen LogP contribution in [-0.4, -0.2) is 11.2 Å². The van der Waals surface area contributed by atoms with Gasteiger partial charge < -0.3 is 9.30 Å². The summed E-state index contributed by atoms with van der Waals surface area (Å²) in [7, 11) is 0. The zero-order valence-electron chi connectivity index (χ0n) is 15.2. The first-order valence-corrected chi connectivity index (χ1v) is 9.04. The van der Waals surface area contributed by atoms with Crippen LogP contribution in [0.1, 0.15) is 37.3 Å². The number of aromatic nitrogens is 1. The van der Waals surface area contributed by atoms with Crippen molar-refractivity contribution >= 4 is 0 Å². The second-order valence-corrected chi connectivity index (χ2v) is 6.24. The molecule has 138 valence electrons. The second kappa shape index (κ2) is 9.05. The Bertz CT molecular complexity index is 912. The highest BCUT2D eigenvalue weighted by atomic mass is 19.2. The molecular weight excluding hydrogens is 344 g/mol. The van der Waals surface area contributed by atoms with Crippen molar-refractivity contribution in [2.24, 2.45) is 0 Å². The minimum atomic E-state index is -0.864. The van der Waals surface area contributed by atoms with Gasteiger partial charge in [-0.25, -0.2) is 8.78 Å². The number of hydrogen-bond donors (Lipinski definition) is 0. The van der Waals surface area contributed by atoms with Crippen molar-refractivity contribution in [1.82, 2.24) is 4.57 Å². The molecule has 0 unspecified atom stereocenters. The van der Waals surface area contributed by atoms with E-state index >= 15 is 0 Å². The molecule has 4 heteroatoms. The molecular formula is C23H21F2NO. The van der Waals surface area contributed by atoms with Crippen LogP contribution >= 0.6 is 0 Å². The van der Waals surface area contributed by atoms with E-state index in [4.69, 9.17) is 4.74 Å². The molecule has 2 nitrogen and oxygen atoms in total. The molecule has 0 aliphatic rings. The standard InChI is InChI=1S/C23H21F2NO/c1-2-3-4-15-27-21-13-9-19(10-14-21)6-5-18-7-11-20(12-8-18)26-16-22(24)23(25)17-26/h7-14,16-17H,2-4,15H2,1H3. The van der Waals surface area contributed by atoms with Gasteiger partial charge in [-0.3, -0.25) is 0 Å². The van der Waals surface area contributed by atoms with Gasteiger partial charge in [0.25, 0.3) is 0 Å². The van der Waals surface area contributed by atoms with E-state index in [1.165, 1.54) is 17.4 Å². The van der Waals surface area contributed by atoms with Crippen molar-refractivity contribution in [1.29, 1.82) is 0 Å². The lowest BCUT2D eigenvalue weighted by Gasteiger charge is -2.05. The predicted molar refractivity (Wildman–Crippen MR) is 103 cm³/mol. The highest BCUT2D eigenvalue weighted by Crippen LogP contribution is 2.15. The monoisotopic (exact) mass is 365 g/mol. The van der Waals surface area contributed by atoms with Crippen molar-refractivity contribution in [3.63, 3.8) is 0 Å². The molecule has 1 aromatic heterocycles. The van der Waals surface area contributed by atoms with Crippen LogP contribution in [0.15, 0.2) is 60.9 Å². The van der Waals surface area contributed by atoms with Crippen LogP contribution in [0.25, 0.3) is 5.69 Å². The number of ether oxygens (including phenoxy) is 1. The quantitative estimate of drug-likeness (QED) is 0.402. The first kappa shape index (κ1) is 18.7. The molecule has 0 aliphatic heterocycles. The first-order valence-electron chi connectivity index (χ1n) is 9.04. The van der Waals surface area contributed by atoms with E-state index < -0.39 is 11.6 Å². The van der Waals surface area contributed by atoms with E-state index in [1.807, 2.05) is 36.4 Å². The Morgan fingerprint density at radius 1 is 0.815 bits per heavy atom. The van der Waals surface area contributed by atoms with E-state index in [2.05, 4.69) is 18.8 Å². The van der Waals surface area contributed by atoms with E-state index in [-0.39, 0.29) is 0 Å². The summed E-state index contributed by atoms with van der Waals surface area (Å²) < 4.78 is 33.3. The first-order chi connectivity index (χ1) is 13.2. The Balaban J connectivity index is 1.61. The fourth-order valence-electron chi connectivity index (χ4n) is 2.59. The summed E-state index contributed by atoms with van der Waals surface area (Å²) in [5.41, 5.74) is 2.40. The molecule has 0 fully saturated rings. The van der Waals surface area contributed by atoms with Gasteiger partial charge in [-0.2, -0.15) is 0 Å². The molecule has 0 spiro atoms. The second-order valence-electron chi connectivity index (χ2n) is 6.24. The Labute approximate surface area is 158 Å². The third kappa shape index (κ3) is 5.21. The largest absolute Gasteiger partial charge is 0.494 e. The third-order valence-corrected chi connectivity index (χ3v) is 4.12. The van der Waals surface area contributed by atoms with Gasteiger partial charge in [-0.05, 0) is 55.0 Å². The molecule has 0 saturated carbocycles. The highest BCUT2D eigenvalue weighted by Gasteiger charge is 2.06. The van der Waals surface area contributed by atoms with Crippen molar-refractivity contribution in [2.45, 2.75) is 26.2 Å². The van der Waals surface area contributed by atoms with E-state index in [0.29, 0.717) is 5.69 Å². The van der Waals surface area contributed by atoms with Crippen LogP contribution in [0.5, 0.6) is 5.75 Å². The lowest BCUT2D eigenvalue weighted by Crippen LogP contribution is -1.96. The summed E-state index contributed by atoms with van der Waals surface area (Å²) in [6.45, 7) is 2.90. The minimum Gasteiger partial charge on any atom is -0.494 e. The molecule has 0 saturated heterocycles. The van der Waals surface area contributed by atoms with Gasteiger partial charge in [0.1, 0.15) is 5.75 Å². The number of benzene rings is 2. The van der Waals surface area contributed by atoms with E-state index in [0.717, 1.165) is 42.3 Å². The van der Waals surface area contributed by atoms with Crippen LogP contribution in [-0.2, 0) is 0 Å². The Morgan fingerprint density at radius 2 is 1.37 bits per heavy atom. The molecule has 0 atom stereocenters. The Kier molecular flexibility index (Phi) is 6.27. The van der Waals surface area contributed by atoms with Gasteiger partial charge in [0.2, 0.25) is 0 Å². The van der Waals surface area contributed by atoms with Gasteiger partial charge in [0.15, 0.2) is 11.6 Å². The fourth-order valence-corrected chi connectivity index (χ4v) is 2.59. The van der Waals surface area contributed by atoms with Gasteiger partial charge >= 0.3 is 0 Å². The lowest BCUT2D eigenvalue weighted by molar-refractivity contribution is 0.306. The zero-order chi connectivity index (χ0) is 19.1. The smallest absolute Gasteiger partial charge is 0.176 e. The number of nitrogens with zero attached hydrogens (tertiary/aromatic N) is 1. The molecule has 0 bridgehead atoms. The highest BCUT2D eigenvalue weighted by molar-refractivity contribution is 5.47. The summed E-state index contributed by atoms with van der Waals surface area (Å²) >= 11 is 0. The van der Waals surface area contributed by atoms with E-state index in [1.54, 1.807) is 12.1 Å². The summed E-state index contributed by atoms with van der Waals surface area (Å²) in [5, 5.41) is 0. The lowest BCUT2D eigenvalue weighted by atomic mass is 10.1. The van der Waals surface area contributed by atoms with Gasteiger partial charge in [0, 0.05) is 29.2 Å². The minimum absolute atomic E-state index is 0.674. The summed E-state index contributed by atoms with van der Waals surface area (Å²) in [6, 6.07) is 14.9. The Morgan fingerprint density at radius 3 is 1.93 bits per heavy atom. The topological polar surface area (TPSA) is 14.2 Å². The third-order valence-electron chi connectivity index (χ3n) is 4.12. The summed E-state index contributed by atoms with van der Waals surface area (Å²) in [4.78, 5) is 0. The maximum Gasteiger partial charge on any atom is 0.176 e. The number of rotatable bonds is 6. The summed E-state index contributed by atoms with van der Waals surface area (Å²) in [5.74, 6) is 5.32. The predicted octanol–water partition coefficient (Wildman–Crippen LogP) is 5.72. The van der Waals surface area contributed by atoms with Gasteiger partial charge in [-0.15, -0.1) is 0 Å². The molecule has 0 amide bonds. The van der Waals surface area contributed by atoms with Crippen LogP contribution in [0.2, 0.25) is 0 Å². The van der Waals surface area contributed by atoms with Crippen LogP contribution in [0, 0.1) is 23.5 Å². The van der Waals surface area contributed by atoms with E-state index in [9.17, 15) is 8.78 Å². The van der Waals surface area contributed by atoms with Crippen molar-refractivity contribution in [3.05, 3.63) is 83.7 Å². The molecule has 2 aromatic carbocycles. The van der Waals surface area contributed by atoms with Gasteiger partial charge in [0.05, 0.1) is 6.61 Å². The molecule has 0 aliphatic carbocycles. The fraction of sp³-hybridized carbons (Fsp3) is 0.217. The zero-order valence-corrected chi connectivity index (χ0v) is 15.2. The maximum atomic E-state index is 13.1. The SMILES string of the molecule is CCCCCOc1ccc(C#Cc2ccc(-n3cc(F)c(F)c3)cc2)cc1. The molecule has 27 heavy (non-hydrogen) atoms. The van der Waals surface area contributed by atoms with Gasteiger partial charge in [-0.1, -0.05) is 31.6 Å². The van der Waals surface area contributed by atoms with Crippen molar-refractivity contribution < 1.29 is 13.5 Å². The normalized spacial score (nSPS) is 10.3. The van der Waals surface area contributed by atoms with Crippen molar-refractivity contribution in [3.8, 4) is 23.3 Å². The molecule has 3 aromatic rings. The maximum absolute atomic E-state index is 13.1. The molecule has 3 rings (SSSR count). The molecule has 0 N–H and O–H groups in total. The van der Waals surface area contributed by atoms with Crippen LogP contribution in [0.4, 0.5) is 8.78 Å².